The summed E-state index contributed by atoms with van der Waals surface area (Å²) in [6, 6.07) is 17.6. The summed E-state index contributed by atoms with van der Waals surface area (Å²) in [6.07, 6.45) is 1.60. The first-order valence-electron chi connectivity index (χ1n) is 8.19. The van der Waals surface area contributed by atoms with Crippen LogP contribution in [0, 0.1) is 6.92 Å². The van der Waals surface area contributed by atoms with Gasteiger partial charge >= 0.3 is 0 Å². The Hall–Kier alpha value is -3.39. The van der Waals surface area contributed by atoms with Gasteiger partial charge in [0.1, 0.15) is 22.2 Å². The highest BCUT2D eigenvalue weighted by atomic mass is 32.2. The zero-order chi connectivity index (χ0) is 18.9. The van der Waals surface area contributed by atoms with Gasteiger partial charge in [0.05, 0.1) is 0 Å². The van der Waals surface area contributed by atoms with Gasteiger partial charge < -0.3 is 15.4 Å². The molecule has 0 spiro atoms. The number of aromatic nitrogens is 1. The van der Waals surface area contributed by atoms with Crippen LogP contribution in [0.4, 0.5) is 11.5 Å². The number of benzene rings is 2. The van der Waals surface area contributed by atoms with Crippen LogP contribution in [-0.2, 0) is 10.0 Å². The molecule has 0 aliphatic carbocycles. The molecule has 1 aromatic heterocycles. The van der Waals surface area contributed by atoms with Gasteiger partial charge in [0.25, 0.3) is 10.0 Å². The molecule has 7 nitrogen and oxygen atoms in total. The molecule has 4 rings (SSSR count). The van der Waals surface area contributed by atoms with Gasteiger partial charge in [0, 0.05) is 6.20 Å². The molecule has 0 atom stereocenters. The summed E-state index contributed by atoms with van der Waals surface area (Å²) in [5.74, 6) is 1.56. The van der Waals surface area contributed by atoms with E-state index < -0.39 is 10.0 Å². The summed E-state index contributed by atoms with van der Waals surface area (Å²) < 4.78 is 35.0. The maximum absolute atomic E-state index is 12.6. The maximum Gasteiger partial charge on any atom is 0.287 e. The Balaban J connectivity index is 1.72. The van der Waals surface area contributed by atoms with E-state index in [1.807, 2.05) is 31.2 Å². The molecule has 8 heteroatoms. The monoisotopic (exact) mass is 380 g/mol. The Labute approximate surface area is 156 Å². The van der Waals surface area contributed by atoms with Crippen molar-refractivity contribution in [2.75, 3.05) is 10.6 Å². The minimum Gasteiger partial charge on any atom is -0.455 e. The van der Waals surface area contributed by atoms with Crippen LogP contribution < -0.4 is 15.4 Å². The molecular weight excluding hydrogens is 364 g/mol. The van der Waals surface area contributed by atoms with E-state index >= 15 is 0 Å². The SMILES string of the molecule is Cc1ccccc1Oc1cccc2c1NC(Nc1ccccn1)=NS2(=O)=O. The second-order valence-corrected chi connectivity index (χ2v) is 7.45. The molecule has 1 aliphatic heterocycles. The van der Waals surface area contributed by atoms with Crippen molar-refractivity contribution in [1.82, 2.24) is 4.98 Å². The lowest BCUT2D eigenvalue weighted by Crippen LogP contribution is -2.28. The van der Waals surface area contributed by atoms with Gasteiger partial charge in [-0.15, -0.1) is 4.40 Å². The van der Waals surface area contributed by atoms with Crippen LogP contribution in [0.1, 0.15) is 5.56 Å². The van der Waals surface area contributed by atoms with Crippen LogP contribution in [-0.4, -0.2) is 19.4 Å². The van der Waals surface area contributed by atoms with E-state index in [-0.39, 0.29) is 10.9 Å². The third-order valence-electron chi connectivity index (χ3n) is 3.95. The normalized spacial score (nSPS) is 14.5. The first-order chi connectivity index (χ1) is 13.0. The Morgan fingerprint density at radius 3 is 2.52 bits per heavy atom. The van der Waals surface area contributed by atoms with Crippen LogP contribution in [0.5, 0.6) is 11.5 Å². The molecule has 0 bridgehead atoms. The van der Waals surface area contributed by atoms with E-state index in [0.29, 0.717) is 23.0 Å². The van der Waals surface area contributed by atoms with Crippen molar-refractivity contribution in [2.45, 2.75) is 11.8 Å². The predicted octanol–water partition coefficient (Wildman–Crippen LogP) is 3.76. The Morgan fingerprint density at radius 1 is 0.963 bits per heavy atom. The molecule has 0 radical (unpaired) electrons. The zero-order valence-corrected chi connectivity index (χ0v) is 15.2. The van der Waals surface area contributed by atoms with Crippen molar-refractivity contribution >= 4 is 27.5 Å². The number of aryl methyl sites for hydroxylation is 1. The lowest BCUT2D eigenvalue weighted by atomic mass is 10.2. The third-order valence-corrected chi connectivity index (χ3v) is 5.26. The van der Waals surface area contributed by atoms with Gasteiger partial charge in [-0.3, -0.25) is 0 Å². The number of rotatable bonds is 3. The lowest BCUT2D eigenvalue weighted by Gasteiger charge is -2.21. The van der Waals surface area contributed by atoms with Crippen molar-refractivity contribution in [3.8, 4) is 11.5 Å². The van der Waals surface area contributed by atoms with Gasteiger partial charge in [-0.2, -0.15) is 8.42 Å². The molecule has 0 unspecified atom stereocenters. The van der Waals surface area contributed by atoms with Gasteiger partial charge in [0.15, 0.2) is 5.75 Å². The Kier molecular flexibility index (Phi) is 4.25. The van der Waals surface area contributed by atoms with Crippen LogP contribution in [0.25, 0.3) is 0 Å². The molecule has 0 saturated carbocycles. The number of anilines is 2. The topological polar surface area (TPSA) is 92.7 Å². The summed E-state index contributed by atoms with van der Waals surface area (Å²) >= 11 is 0. The Bertz CT molecular complexity index is 1130. The standard InChI is InChI=1S/C19H16N4O3S/c1-13-7-2-3-8-14(13)26-15-9-6-10-16-18(15)22-19(23-27(16,24)25)21-17-11-4-5-12-20-17/h2-12H,1H3,(H2,20,21,22,23). The number of para-hydroxylation sites is 2. The molecule has 27 heavy (non-hydrogen) atoms. The second kappa shape index (κ2) is 6.73. The largest absolute Gasteiger partial charge is 0.455 e. The molecule has 136 valence electrons. The summed E-state index contributed by atoms with van der Waals surface area (Å²) in [7, 11) is -3.88. The van der Waals surface area contributed by atoms with E-state index in [1.165, 1.54) is 6.07 Å². The summed E-state index contributed by atoms with van der Waals surface area (Å²) in [5.41, 5.74) is 1.27. The molecule has 3 aromatic rings. The quantitative estimate of drug-likeness (QED) is 0.719. The van der Waals surface area contributed by atoms with Gasteiger partial charge in [-0.25, -0.2) is 4.98 Å². The molecule has 1 aliphatic rings. The van der Waals surface area contributed by atoms with Crippen LogP contribution in [0.2, 0.25) is 0 Å². The van der Waals surface area contributed by atoms with Gasteiger partial charge in [-0.05, 0) is 42.8 Å². The molecule has 2 N–H and O–H groups in total. The van der Waals surface area contributed by atoms with Gasteiger partial charge in [0.2, 0.25) is 5.96 Å². The molecule has 2 heterocycles. The van der Waals surface area contributed by atoms with Gasteiger partial charge in [-0.1, -0.05) is 30.3 Å². The minimum atomic E-state index is -3.88. The molecule has 0 fully saturated rings. The predicted molar refractivity (Wildman–Crippen MR) is 104 cm³/mol. The van der Waals surface area contributed by atoms with Crippen molar-refractivity contribution in [1.29, 1.82) is 0 Å². The van der Waals surface area contributed by atoms with Crippen LogP contribution >= 0.6 is 0 Å². The van der Waals surface area contributed by atoms with E-state index in [2.05, 4.69) is 20.0 Å². The van der Waals surface area contributed by atoms with Crippen molar-refractivity contribution in [3.05, 3.63) is 72.4 Å². The molecule has 0 amide bonds. The number of hydrogen-bond acceptors (Lipinski definition) is 6. The summed E-state index contributed by atoms with van der Waals surface area (Å²) in [5, 5.41) is 5.88. The number of guanidine groups is 1. The van der Waals surface area contributed by atoms with Crippen LogP contribution in [0.3, 0.4) is 0 Å². The minimum absolute atomic E-state index is 0.0557. The average molecular weight is 380 g/mol. The van der Waals surface area contributed by atoms with E-state index in [1.54, 1.807) is 36.5 Å². The molecule has 2 aromatic carbocycles. The first kappa shape index (κ1) is 17.0. The number of sulfonamides is 1. The number of hydrogen-bond donors (Lipinski definition) is 2. The van der Waals surface area contributed by atoms with Crippen molar-refractivity contribution < 1.29 is 13.2 Å². The fourth-order valence-electron chi connectivity index (χ4n) is 2.65. The highest BCUT2D eigenvalue weighted by molar-refractivity contribution is 7.90. The average Bonchev–Trinajstić information content (AvgIpc) is 2.64. The van der Waals surface area contributed by atoms with E-state index in [9.17, 15) is 8.42 Å². The summed E-state index contributed by atoms with van der Waals surface area (Å²) in [4.78, 5) is 4.18. The maximum atomic E-state index is 12.6. The zero-order valence-electron chi connectivity index (χ0n) is 14.4. The van der Waals surface area contributed by atoms with Crippen molar-refractivity contribution in [2.24, 2.45) is 4.40 Å². The first-order valence-corrected chi connectivity index (χ1v) is 9.63. The third kappa shape index (κ3) is 3.47. The van der Waals surface area contributed by atoms with Crippen molar-refractivity contribution in [3.63, 3.8) is 0 Å². The molecule has 0 saturated heterocycles. The second-order valence-electron chi connectivity index (χ2n) is 5.88. The number of nitrogens with zero attached hydrogens (tertiary/aromatic N) is 2. The van der Waals surface area contributed by atoms with E-state index in [4.69, 9.17) is 4.74 Å². The number of pyridine rings is 1. The fourth-order valence-corrected chi connectivity index (χ4v) is 3.74. The summed E-state index contributed by atoms with van der Waals surface area (Å²) in [6.45, 7) is 1.92. The number of nitrogens with one attached hydrogen (secondary N) is 2. The fraction of sp³-hybridized carbons (Fsp3) is 0.0526. The lowest BCUT2D eigenvalue weighted by molar-refractivity contribution is 0.479. The highest BCUT2D eigenvalue weighted by Crippen LogP contribution is 2.38. The smallest absolute Gasteiger partial charge is 0.287 e. The number of ether oxygens (including phenoxy) is 1. The molecular formula is C19H16N4O3S. The van der Waals surface area contributed by atoms with E-state index in [0.717, 1.165) is 5.56 Å². The van der Waals surface area contributed by atoms with Crippen LogP contribution in [0.15, 0.2) is 76.2 Å². The number of fused-ring (bicyclic) bond motifs is 1. The Morgan fingerprint density at radius 2 is 1.74 bits per heavy atom. The highest BCUT2D eigenvalue weighted by Gasteiger charge is 2.28.